The lowest BCUT2D eigenvalue weighted by molar-refractivity contribution is 0.494. The highest BCUT2D eigenvalue weighted by Crippen LogP contribution is 2.26. The topological polar surface area (TPSA) is 85.1 Å². The molecule has 0 spiro atoms. The van der Waals surface area contributed by atoms with E-state index in [2.05, 4.69) is 14.9 Å². The van der Waals surface area contributed by atoms with Crippen molar-refractivity contribution >= 4 is 21.6 Å². The van der Waals surface area contributed by atoms with E-state index in [1.807, 2.05) is 19.1 Å². The summed E-state index contributed by atoms with van der Waals surface area (Å²) in [5.41, 5.74) is 3.00. The molecule has 0 atom stereocenters. The van der Waals surface area contributed by atoms with Crippen LogP contribution in [0.2, 0.25) is 5.02 Å². The summed E-state index contributed by atoms with van der Waals surface area (Å²) in [6, 6.07) is 10.7. The lowest BCUT2D eigenvalue weighted by atomic mass is 10.1. The van der Waals surface area contributed by atoms with Crippen LogP contribution >= 0.6 is 11.6 Å². The van der Waals surface area contributed by atoms with E-state index in [0.29, 0.717) is 21.7 Å². The number of aromatic nitrogens is 2. The van der Waals surface area contributed by atoms with E-state index in [1.165, 1.54) is 0 Å². The predicted octanol–water partition coefficient (Wildman–Crippen LogP) is 3.79. The Morgan fingerprint density at radius 2 is 1.73 bits per heavy atom. The van der Waals surface area contributed by atoms with Crippen molar-refractivity contribution in [2.45, 2.75) is 32.2 Å². The molecule has 3 aromatic rings. The Kier molecular flexibility index (Phi) is 5.13. The second kappa shape index (κ2) is 7.19. The van der Waals surface area contributed by atoms with E-state index in [0.717, 1.165) is 5.56 Å². The second-order valence-electron chi connectivity index (χ2n) is 6.03. The van der Waals surface area contributed by atoms with E-state index in [4.69, 9.17) is 16.0 Å². The van der Waals surface area contributed by atoms with Crippen molar-refractivity contribution in [1.29, 1.82) is 0 Å². The van der Waals surface area contributed by atoms with Gasteiger partial charge < -0.3 is 4.42 Å². The number of hydrogen-bond acceptors (Lipinski definition) is 5. The van der Waals surface area contributed by atoms with Crippen LogP contribution < -0.4 is 4.72 Å². The van der Waals surface area contributed by atoms with Crippen molar-refractivity contribution < 1.29 is 12.8 Å². The maximum absolute atomic E-state index is 12.7. The number of rotatable bonds is 5. The summed E-state index contributed by atoms with van der Waals surface area (Å²) < 4.78 is 33.4. The lowest BCUT2D eigenvalue weighted by Crippen LogP contribution is -2.25. The van der Waals surface area contributed by atoms with Gasteiger partial charge in [0.15, 0.2) is 0 Å². The zero-order valence-electron chi connectivity index (χ0n) is 14.6. The SMILES string of the molecule is Cc1cc(C)c(S(=O)(=O)NCc2nnc(-c3ccccc3Cl)o2)c(C)c1. The Balaban J connectivity index is 1.81. The van der Waals surface area contributed by atoms with Crippen molar-refractivity contribution in [3.05, 3.63) is 64.0 Å². The molecule has 8 heteroatoms. The van der Waals surface area contributed by atoms with Gasteiger partial charge in [-0.3, -0.25) is 0 Å². The van der Waals surface area contributed by atoms with Crippen LogP contribution in [0.25, 0.3) is 11.5 Å². The Morgan fingerprint density at radius 3 is 2.38 bits per heavy atom. The zero-order valence-corrected chi connectivity index (χ0v) is 16.1. The van der Waals surface area contributed by atoms with Gasteiger partial charge in [-0.25, -0.2) is 13.1 Å². The molecule has 0 amide bonds. The predicted molar refractivity (Wildman–Crippen MR) is 99.4 cm³/mol. The number of halogens is 1. The number of nitrogens with zero attached hydrogens (tertiary/aromatic N) is 2. The molecule has 1 heterocycles. The van der Waals surface area contributed by atoms with Gasteiger partial charge in [0, 0.05) is 0 Å². The van der Waals surface area contributed by atoms with Crippen molar-refractivity contribution in [1.82, 2.24) is 14.9 Å². The molecule has 0 bridgehead atoms. The normalized spacial score (nSPS) is 11.7. The average Bonchev–Trinajstić information content (AvgIpc) is 3.01. The highest BCUT2D eigenvalue weighted by atomic mass is 35.5. The third-order valence-corrected chi connectivity index (χ3v) is 5.89. The molecule has 3 rings (SSSR count). The van der Waals surface area contributed by atoms with Gasteiger partial charge in [-0.1, -0.05) is 41.4 Å². The van der Waals surface area contributed by atoms with Gasteiger partial charge in [0.25, 0.3) is 0 Å². The fraction of sp³-hybridized carbons (Fsp3) is 0.222. The third kappa shape index (κ3) is 3.80. The maximum atomic E-state index is 12.7. The van der Waals surface area contributed by atoms with E-state index in [1.54, 1.807) is 38.1 Å². The summed E-state index contributed by atoms with van der Waals surface area (Å²) in [5, 5.41) is 8.30. The van der Waals surface area contributed by atoms with Gasteiger partial charge in [-0.2, -0.15) is 0 Å². The summed E-state index contributed by atoms with van der Waals surface area (Å²) >= 11 is 6.11. The largest absolute Gasteiger partial charge is 0.419 e. The Labute approximate surface area is 157 Å². The van der Waals surface area contributed by atoms with Crippen LogP contribution in [-0.4, -0.2) is 18.6 Å². The summed E-state index contributed by atoms with van der Waals surface area (Å²) in [5.74, 6) is 0.401. The molecule has 2 aromatic carbocycles. The number of nitrogens with one attached hydrogen (secondary N) is 1. The van der Waals surface area contributed by atoms with Gasteiger partial charge >= 0.3 is 0 Å². The molecule has 0 radical (unpaired) electrons. The van der Waals surface area contributed by atoms with Crippen LogP contribution in [-0.2, 0) is 16.6 Å². The van der Waals surface area contributed by atoms with Crippen molar-refractivity contribution in [3.8, 4) is 11.5 Å². The molecule has 0 fully saturated rings. The third-order valence-electron chi connectivity index (χ3n) is 3.86. The molecule has 1 N–H and O–H groups in total. The molecule has 0 aliphatic carbocycles. The Bertz CT molecular complexity index is 1040. The highest BCUT2D eigenvalue weighted by molar-refractivity contribution is 7.89. The fourth-order valence-electron chi connectivity index (χ4n) is 2.89. The van der Waals surface area contributed by atoms with E-state index < -0.39 is 10.0 Å². The van der Waals surface area contributed by atoms with Gasteiger partial charge in [0.2, 0.25) is 21.8 Å². The standard InChI is InChI=1S/C18H18ClN3O3S/c1-11-8-12(2)17(13(3)9-11)26(23,24)20-10-16-21-22-18(25-16)14-6-4-5-7-15(14)19/h4-9,20H,10H2,1-3H3. The summed E-state index contributed by atoms with van der Waals surface area (Å²) in [6.45, 7) is 5.37. The Morgan fingerprint density at radius 1 is 1.08 bits per heavy atom. The molecule has 0 saturated heterocycles. The number of aryl methyl sites for hydroxylation is 3. The number of hydrogen-bond donors (Lipinski definition) is 1. The molecule has 6 nitrogen and oxygen atoms in total. The van der Waals surface area contributed by atoms with Crippen molar-refractivity contribution in [2.75, 3.05) is 0 Å². The maximum Gasteiger partial charge on any atom is 0.249 e. The fourth-order valence-corrected chi connectivity index (χ4v) is 4.53. The first-order valence-electron chi connectivity index (χ1n) is 7.93. The van der Waals surface area contributed by atoms with Crippen LogP contribution in [0, 0.1) is 20.8 Å². The minimum atomic E-state index is -3.70. The van der Waals surface area contributed by atoms with E-state index in [-0.39, 0.29) is 23.2 Å². The minimum Gasteiger partial charge on any atom is -0.419 e. The smallest absolute Gasteiger partial charge is 0.249 e. The molecule has 0 saturated carbocycles. The molecule has 26 heavy (non-hydrogen) atoms. The molecular formula is C18H18ClN3O3S. The average molecular weight is 392 g/mol. The molecular weight excluding hydrogens is 374 g/mol. The van der Waals surface area contributed by atoms with Gasteiger partial charge in [-0.05, 0) is 44.0 Å². The molecule has 0 aliphatic rings. The first-order chi connectivity index (χ1) is 12.3. The van der Waals surface area contributed by atoms with Gasteiger partial charge in [0.05, 0.1) is 22.0 Å². The second-order valence-corrected chi connectivity index (χ2v) is 8.14. The van der Waals surface area contributed by atoms with Crippen molar-refractivity contribution in [2.24, 2.45) is 0 Å². The molecule has 1 aromatic heterocycles. The van der Waals surface area contributed by atoms with Crippen LogP contribution in [0.3, 0.4) is 0 Å². The molecule has 0 unspecified atom stereocenters. The highest BCUT2D eigenvalue weighted by Gasteiger charge is 2.21. The first kappa shape index (κ1) is 18.6. The van der Waals surface area contributed by atoms with Crippen LogP contribution in [0.4, 0.5) is 0 Å². The monoisotopic (exact) mass is 391 g/mol. The first-order valence-corrected chi connectivity index (χ1v) is 9.79. The minimum absolute atomic E-state index is 0.105. The summed E-state index contributed by atoms with van der Waals surface area (Å²) in [4.78, 5) is 0.272. The molecule has 0 aliphatic heterocycles. The van der Waals surface area contributed by atoms with Crippen molar-refractivity contribution in [3.63, 3.8) is 0 Å². The van der Waals surface area contributed by atoms with Gasteiger partial charge in [0.1, 0.15) is 0 Å². The van der Waals surface area contributed by atoms with Gasteiger partial charge in [-0.15, -0.1) is 10.2 Å². The summed E-state index contributed by atoms with van der Waals surface area (Å²) in [6.07, 6.45) is 0. The van der Waals surface area contributed by atoms with E-state index >= 15 is 0 Å². The number of sulfonamides is 1. The van der Waals surface area contributed by atoms with Crippen LogP contribution in [0.1, 0.15) is 22.6 Å². The van der Waals surface area contributed by atoms with Crippen LogP contribution in [0.5, 0.6) is 0 Å². The lowest BCUT2D eigenvalue weighted by Gasteiger charge is -2.12. The quantitative estimate of drug-likeness (QED) is 0.715. The Hall–Kier alpha value is -2.22. The van der Waals surface area contributed by atoms with Crippen LogP contribution in [0.15, 0.2) is 45.7 Å². The zero-order chi connectivity index (χ0) is 18.9. The number of benzene rings is 2. The summed E-state index contributed by atoms with van der Waals surface area (Å²) in [7, 11) is -3.70. The molecule has 136 valence electrons. The van der Waals surface area contributed by atoms with E-state index in [9.17, 15) is 8.42 Å².